The SMILES string of the molecule is CCCCC(=O)Nc1ccc(N=C(N)CCl)cc1Cl. The van der Waals surface area contributed by atoms with E-state index in [1.54, 1.807) is 18.2 Å². The summed E-state index contributed by atoms with van der Waals surface area (Å²) in [5.41, 5.74) is 6.72. The van der Waals surface area contributed by atoms with Gasteiger partial charge in [0.1, 0.15) is 5.84 Å². The highest BCUT2D eigenvalue weighted by Gasteiger charge is 2.06. The molecule has 3 N–H and O–H groups in total. The van der Waals surface area contributed by atoms with Gasteiger partial charge in [-0.05, 0) is 24.6 Å². The van der Waals surface area contributed by atoms with Gasteiger partial charge in [0.2, 0.25) is 5.91 Å². The number of rotatable bonds is 6. The van der Waals surface area contributed by atoms with Crippen molar-refractivity contribution in [1.29, 1.82) is 0 Å². The number of nitrogens with one attached hydrogen (secondary N) is 1. The van der Waals surface area contributed by atoms with Gasteiger partial charge in [0.05, 0.1) is 22.3 Å². The number of benzene rings is 1. The van der Waals surface area contributed by atoms with Crippen molar-refractivity contribution in [2.24, 2.45) is 10.7 Å². The lowest BCUT2D eigenvalue weighted by molar-refractivity contribution is -0.116. The van der Waals surface area contributed by atoms with E-state index in [-0.39, 0.29) is 11.8 Å². The average Bonchev–Trinajstić information content (AvgIpc) is 2.39. The minimum atomic E-state index is -0.0414. The molecule has 1 rings (SSSR count). The molecular weight excluding hydrogens is 285 g/mol. The summed E-state index contributed by atoms with van der Waals surface area (Å²) in [7, 11) is 0. The molecule has 0 heterocycles. The predicted molar refractivity (Wildman–Crippen MR) is 81.6 cm³/mol. The summed E-state index contributed by atoms with van der Waals surface area (Å²) in [6.45, 7) is 2.04. The molecule has 1 aromatic rings. The number of amides is 1. The van der Waals surface area contributed by atoms with E-state index in [9.17, 15) is 4.79 Å². The first kappa shape index (κ1) is 15.8. The fourth-order valence-corrected chi connectivity index (χ4v) is 1.70. The highest BCUT2D eigenvalue weighted by atomic mass is 35.5. The number of hydrogen-bond acceptors (Lipinski definition) is 2. The Labute approximate surface area is 123 Å². The van der Waals surface area contributed by atoms with Crippen LogP contribution < -0.4 is 11.1 Å². The van der Waals surface area contributed by atoms with E-state index >= 15 is 0 Å². The molecule has 0 bridgehead atoms. The Hall–Kier alpha value is -1.26. The van der Waals surface area contributed by atoms with E-state index in [0.29, 0.717) is 28.7 Å². The minimum Gasteiger partial charge on any atom is -0.386 e. The first-order chi connectivity index (χ1) is 9.06. The molecule has 0 aromatic heterocycles. The topological polar surface area (TPSA) is 67.5 Å². The molecule has 1 aromatic carbocycles. The summed E-state index contributed by atoms with van der Waals surface area (Å²) in [6.07, 6.45) is 2.33. The van der Waals surface area contributed by atoms with E-state index < -0.39 is 0 Å². The quantitative estimate of drug-likeness (QED) is 0.478. The Balaban J connectivity index is 2.75. The maximum Gasteiger partial charge on any atom is 0.224 e. The number of anilines is 1. The van der Waals surface area contributed by atoms with Crippen LogP contribution in [0.15, 0.2) is 23.2 Å². The number of hydrogen-bond donors (Lipinski definition) is 2. The van der Waals surface area contributed by atoms with Crippen LogP contribution in [0.2, 0.25) is 5.02 Å². The predicted octanol–water partition coefficient (Wildman–Crippen LogP) is 3.70. The van der Waals surface area contributed by atoms with Gasteiger partial charge >= 0.3 is 0 Å². The molecule has 0 aliphatic rings. The third kappa shape index (κ3) is 5.49. The molecule has 4 nitrogen and oxygen atoms in total. The number of unbranched alkanes of at least 4 members (excludes halogenated alkanes) is 1. The molecule has 0 atom stereocenters. The summed E-state index contributed by atoms with van der Waals surface area (Å²) in [5.74, 6) is 0.436. The first-order valence-corrected chi connectivity index (χ1v) is 6.96. The number of amidine groups is 1. The highest BCUT2D eigenvalue weighted by molar-refractivity contribution is 6.34. The second-order valence-corrected chi connectivity index (χ2v) is 4.73. The summed E-state index contributed by atoms with van der Waals surface area (Å²) >= 11 is 11.6. The maximum absolute atomic E-state index is 11.6. The van der Waals surface area contributed by atoms with E-state index in [4.69, 9.17) is 28.9 Å². The lowest BCUT2D eigenvalue weighted by atomic mass is 10.2. The van der Waals surface area contributed by atoms with Crippen molar-refractivity contribution < 1.29 is 4.79 Å². The molecular formula is C13H17Cl2N3O. The van der Waals surface area contributed by atoms with Crippen LogP contribution in [0.25, 0.3) is 0 Å². The first-order valence-electron chi connectivity index (χ1n) is 6.05. The summed E-state index contributed by atoms with van der Waals surface area (Å²) in [4.78, 5) is 15.7. The molecule has 0 unspecified atom stereocenters. The Bertz CT molecular complexity index is 475. The van der Waals surface area contributed by atoms with Crippen LogP contribution in [0.4, 0.5) is 11.4 Å². The molecule has 0 aliphatic heterocycles. The third-order valence-corrected chi connectivity index (χ3v) is 2.98. The lowest BCUT2D eigenvalue weighted by Crippen LogP contribution is -2.12. The smallest absolute Gasteiger partial charge is 0.224 e. The van der Waals surface area contributed by atoms with Gasteiger partial charge in [0, 0.05) is 6.42 Å². The van der Waals surface area contributed by atoms with Gasteiger partial charge in [-0.3, -0.25) is 4.79 Å². The Kier molecular flexibility index (Phi) is 6.67. The van der Waals surface area contributed by atoms with Crippen LogP contribution in [0.5, 0.6) is 0 Å². The zero-order valence-corrected chi connectivity index (χ0v) is 12.3. The van der Waals surface area contributed by atoms with Gasteiger partial charge in [0.15, 0.2) is 0 Å². The number of carbonyl (C=O) groups excluding carboxylic acids is 1. The largest absolute Gasteiger partial charge is 0.386 e. The zero-order valence-electron chi connectivity index (χ0n) is 10.7. The number of nitrogens with zero attached hydrogens (tertiary/aromatic N) is 1. The molecule has 0 spiro atoms. The lowest BCUT2D eigenvalue weighted by Gasteiger charge is -2.07. The van der Waals surface area contributed by atoms with Crippen molar-refractivity contribution in [1.82, 2.24) is 0 Å². The second kappa shape index (κ2) is 8.02. The van der Waals surface area contributed by atoms with Gasteiger partial charge < -0.3 is 11.1 Å². The molecule has 0 aliphatic carbocycles. The van der Waals surface area contributed by atoms with E-state index in [0.717, 1.165) is 12.8 Å². The molecule has 0 saturated carbocycles. The Morgan fingerprint density at radius 1 is 1.47 bits per heavy atom. The number of aliphatic imine (C=N–C) groups is 1. The highest BCUT2D eigenvalue weighted by Crippen LogP contribution is 2.27. The molecule has 0 fully saturated rings. The molecule has 1 amide bonds. The number of carbonyl (C=O) groups is 1. The van der Waals surface area contributed by atoms with Crippen LogP contribution in [-0.2, 0) is 4.79 Å². The summed E-state index contributed by atoms with van der Waals surface area (Å²) in [5, 5.41) is 3.19. The minimum absolute atomic E-state index is 0.0414. The van der Waals surface area contributed by atoms with Gasteiger partial charge in [-0.25, -0.2) is 4.99 Å². The Morgan fingerprint density at radius 3 is 2.79 bits per heavy atom. The monoisotopic (exact) mass is 301 g/mol. The van der Waals surface area contributed by atoms with Gasteiger partial charge in [-0.2, -0.15) is 0 Å². The Morgan fingerprint density at radius 2 is 2.21 bits per heavy atom. The number of nitrogens with two attached hydrogens (primary N) is 1. The molecule has 0 radical (unpaired) electrons. The number of alkyl halides is 1. The van der Waals surface area contributed by atoms with Gasteiger partial charge in [-0.15, -0.1) is 11.6 Å². The number of halogens is 2. The fourth-order valence-electron chi connectivity index (χ4n) is 1.42. The van der Waals surface area contributed by atoms with Crippen LogP contribution >= 0.6 is 23.2 Å². The molecule has 19 heavy (non-hydrogen) atoms. The van der Waals surface area contributed by atoms with E-state index in [1.807, 2.05) is 6.92 Å². The van der Waals surface area contributed by atoms with Crippen molar-refractivity contribution >= 4 is 46.3 Å². The molecule has 104 valence electrons. The standard InChI is InChI=1S/C13H17Cl2N3O/c1-2-3-4-13(19)18-11-6-5-9(7-10(11)15)17-12(16)8-14/h5-7H,2-4,8H2,1H3,(H2,16,17)(H,18,19). The van der Waals surface area contributed by atoms with Crippen LogP contribution in [0.1, 0.15) is 26.2 Å². The van der Waals surface area contributed by atoms with Crippen LogP contribution in [-0.4, -0.2) is 17.6 Å². The normalized spacial score (nSPS) is 11.4. The summed E-state index contributed by atoms with van der Waals surface area (Å²) < 4.78 is 0. The average molecular weight is 302 g/mol. The van der Waals surface area contributed by atoms with Crippen LogP contribution in [0.3, 0.4) is 0 Å². The molecule has 0 saturated heterocycles. The van der Waals surface area contributed by atoms with Crippen molar-refractivity contribution in [2.45, 2.75) is 26.2 Å². The van der Waals surface area contributed by atoms with Crippen LogP contribution in [0, 0.1) is 0 Å². The maximum atomic E-state index is 11.6. The van der Waals surface area contributed by atoms with E-state index in [1.165, 1.54) is 0 Å². The third-order valence-electron chi connectivity index (χ3n) is 2.39. The van der Waals surface area contributed by atoms with Crippen molar-refractivity contribution in [2.75, 3.05) is 11.2 Å². The van der Waals surface area contributed by atoms with Crippen molar-refractivity contribution in [3.63, 3.8) is 0 Å². The summed E-state index contributed by atoms with van der Waals surface area (Å²) in [6, 6.07) is 5.06. The van der Waals surface area contributed by atoms with Gasteiger partial charge in [0.25, 0.3) is 0 Å². The fraction of sp³-hybridized carbons (Fsp3) is 0.385. The van der Waals surface area contributed by atoms with Gasteiger partial charge in [-0.1, -0.05) is 24.9 Å². The van der Waals surface area contributed by atoms with E-state index in [2.05, 4.69) is 10.3 Å². The molecule has 6 heteroatoms. The van der Waals surface area contributed by atoms with Crippen molar-refractivity contribution in [3.8, 4) is 0 Å². The second-order valence-electron chi connectivity index (χ2n) is 4.05. The van der Waals surface area contributed by atoms with Crippen molar-refractivity contribution in [3.05, 3.63) is 23.2 Å². The zero-order chi connectivity index (χ0) is 14.3.